The van der Waals surface area contributed by atoms with Gasteiger partial charge in [-0.3, -0.25) is 0 Å². The standard InChI is InChI=1S/C8H17NOS/c1-7(10)5-9-8-3-2-4-11-6-8/h7-10H,2-6H2,1H3/t7-,8-/m0/s1. The molecule has 0 spiro atoms. The fourth-order valence-electron chi connectivity index (χ4n) is 1.24. The van der Waals surface area contributed by atoms with Crippen molar-refractivity contribution in [1.29, 1.82) is 0 Å². The average Bonchev–Trinajstić information content (AvgIpc) is 2.03. The van der Waals surface area contributed by atoms with E-state index in [2.05, 4.69) is 5.32 Å². The van der Waals surface area contributed by atoms with Crippen molar-refractivity contribution in [2.45, 2.75) is 31.9 Å². The molecule has 2 atom stereocenters. The highest BCUT2D eigenvalue weighted by molar-refractivity contribution is 7.99. The van der Waals surface area contributed by atoms with Crippen LogP contribution in [0.15, 0.2) is 0 Å². The van der Waals surface area contributed by atoms with Crippen LogP contribution in [0.2, 0.25) is 0 Å². The van der Waals surface area contributed by atoms with Crippen LogP contribution in [0.25, 0.3) is 0 Å². The third kappa shape index (κ3) is 3.99. The summed E-state index contributed by atoms with van der Waals surface area (Å²) < 4.78 is 0. The molecule has 1 aliphatic rings. The lowest BCUT2D eigenvalue weighted by molar-refractivity contribution is 0.186. The van der Waals surface area contributed by atoms with Gasteiger partial charge in [-0.2, -0.15) is 11.8 Å². The van der Waals surface area contributed by atoms with E-state index in [-0.39, 0.29) is 6.10 Å². The molecule has 1 fully saturated rings. The molecule has 11 heavy (non-hydrogen) atoms. The Morgan fingerprint density at radius 3 is 3.09 bits per heavy atom. The lowest BCUT2D eigenvalue weighted by Crippen LogP contribution is -2.37. The molecule has 0 saturated carbocycles. The van der Waals surface area contributed by atoms with Gasteiger partial charge >= 0.3 is 0 Å². The molecule has 2 N–H and O–H groups in total. The van der Waals surface area contributed by atoms with Crippen LogP contribution in [0.1, 0.15) is 19.8 Å². The Hall–Kier alpha value is 0.270. The molecule has 0 amide bonds. The summed E-state index contributed by atoms with van der Waals surface area (Å²) in [6.07, 6.45) is 2.39. The molecule has 0 aromatic carbocycles. The zero-order valence-electron chi connectivity index (χ0n) is 7.05. The normalized spacial score (nSPS) is 28.4. The van der Waals surface area contributed by atoms with Gasteiger partial charge in [0, 0.05) is 18.3 Å². The summed E-state index contributed by atoms with van der Waals surface area (Å²) in [5, 5.41) is 12.4. The average molecular weight is 175 g/mol. The van der Waals surface area contributed by atoms with E-state index in [1.165, 1.54) is 24.3 Å². The second-order valence-electron chi connectivity index (χ2n) is 3.17. The number of nitrogens with one attached hydrogen (secondary N) is 1. The number of hydrogen-bond acceptors (Lipinski definition) is 3. The lowest BCUT2D eigenvalue weighted by Gasteiger charge is -2.23. The van der Waals surface area contributed by atoms with Gasteiger partial charge in [-0.15, -0.1) is 0 Å². The minimum absolute atomic E-state index is 0.207. The van der Waals surface area contributed by atoms with E-state index in [1.807, 2.05) is 18.7 Å². The first kappa shape index (κ1) is 9.36. The third-order valence-corrected chi connectivity index (χ3v) is 3.08. The van der Waals surface area contributed by atoms with Crippen molar-refractivity contribution in [2.24, 2.45) is 0 Å². The largest absolute Gasteiger partial charge is 0.392 e. The molecule has 1 saturated heterocycles. The van der Waals surface area contributed by atoms with E-state index in [1.54, 1.807) is 0 Å². The second kappa shape index (κ2) is 5.01. The van der Waals surface area contributed by atoms with Crippen LogP contribution in [0.5, 0.6) is 0 Å². The van der Waals surface area contributed by atoms with Crippen LogP contribution in [0, 0.1) is 0 Å². The summed E-state index contributed by atoms with van der Waals surface area (Å²) in [6.45, 7) is 2.56. The fourth-order valence-corrected chi connectivity index (χ4v) is 2.35. The zero-order chi connectivity index (χ0) is 8.10. The molecule has 0 unspecified atom stereocenters. The Labute approximate surface area is 72.8 Å². The van der Waals surface area contributed by atoms with Crippen molar-refractivity contribution in [1.82, 2.24) is 5.32 Å². The monoisotopic (exact) mass is 175 g/mol. The van der Waals surface area contributed by atoms with E-state index < -0.39 is 0 Å². The molecule has 1 aliphatic heterocycles. The van der Waals surface area contributed by atoms with Crippen LogP contribution < -0.4 is 5.32 Å². The molecular formula is C8H17NOS. The number of aliphatic hydroxyl groups is 1. The maximum Gasteiger partial charge on any atom is 0.0636 e. The maximum absolute atomic E-state index is 9.01. The summed E-state index contributed by atoms with van der Waals surface area (Å²) in [5.74, 6) is 2.53. The van der Waals surface area contributed by atoms with Gasteiger partial charge < -0.3 is 10.4 Å². The van der Waals surface area contributed by atoms with E-state index in [4.69, 9.17) is 5.11 Å². The molecule has 1 heterocycles. The van der Waals surface area contributed by atoms with Crippen LogP contribution in [-0.2, 0) is 0 Å². The van der Waals surface area contributed by atoms with Gasteiger partial charge in [-0.1, -0.05) is 0 Å². The van der Waals surface area contributed by atoms with Crippen molar-refractivity contribution in [2.75, 3.05) is 18.1 Å². The molecule has 66 valence electrons. The molecule has 0 bridgehead atoms. The molecule has 1 rings (SSSR count). The van der Waals surface area contributed by atoms with Crippen LogP contribution in [-0.4, -0.2) is 35.3 Å². The van der Waals surface area contributed by atoms with Crippen molar-refractivity contribution in [3.05, 3.63) is 0 Å². The number of aliphatic hydroxyl groups excluding tert-OH is 1. The minimum Gasteiger partial charge on any atom is -0.392 e. The van der Waals surface area contributed by atoms with Crippen LogP contribution >= 0.6 is 11.8 Å². The molecule has 0 aliphatic carbocycles. The molecular weight excluding hydrogens is 158 g/mol. The zero-order valence-corrected chi connectivity index (χ0v) is 7.86. The first-order valence-electron chi connectivity index (χ1n) is 4.28. The third-order valence-electron chi connectivity index (χ3n) is 1.86. The molecule has 3 heteroatoms. The summed E-state index contributed by atoms with van der Waals surface area (Å²) in [6, 6.07) is 0.642. The predicted molar refractivity (Wildman–Crippen MR) is 50.0 cm³/mol. The Bertz CT molecular complexity index is 102. The number of rotatable bonds is 3. The first-order valence-corrected chi connectivity index (χ1v) is 5.43. The summed E-state index contributed by atoms with van der Waals surface area (Å²) in [7, 11) is 0. The van der Waals surface area contributed by atoms with Crippen molar-refractivity contribution in [3.63, 3.8) is 0 Å². The second-order valence-corrected chi connectivity index (χ2v) is 4.32. The number of thioether (sulfide) groups is 1. The van der Waals surface area contributed by atoms with E-state index in [0.717, 1.165) is 6.54 Å². The fraction of sp³-hybridized carbons (Fsp3) is 1.00. The van der Waals surface area contributed by atoms with Gasteiger partial charge in [0.1, 0.15) is 0 Å². The summed E-state index contributed by atoms with van der Waals surface area (Å²) in [4.78, 5) is 0. The molecule has 0 radical (unpaired) electrons. The Balaban J connectivity index is 2.05. The quantitative estimate of drug-likeness (QED) is 0.667. The molecule has 0 aromatic rings. The predicted octanol–water partition coefficient (Wildman–Crippen LogP) is 0.852. The summed E-state index contributed by atoms with van der Waals surface area (Å²) >= 11 is 2.01. The molecule has 0 aromatic heterocycles. The van der Waals surface area contributed by atoms with Crippen molar-refractivity contribution >= 4 is 11.8 Å². The van der Waals surface area contributed by atoms with Gasteiger partial charge in [0.05, 0.1) is 6.10 Å². The summed E-state index contributed by atoms with van der Waals surface area (Å²) in [5.41, 5.74) is 0. The van der Waals surface area contributed by atoms with E-state index >= 15 is 0 Å². The Kier molecular flexibility index (Phi) is 4.26. The smallest absolute Gasteiger partial charge is 0.0636 e. The highest BCUT2D eigenvalue weighted by Gasteiger charge is 2.12. The maximum atomic E-state index is 9.01. The van der Waals surface area contributed by atoms with Crippen LogP contribution in [0.3, 0.4) is 0 Å². The van der Waals surface area contributed by atoms with E-state index in [9.17, 15) is 0 Å². The first-order chi connectivity index (χ1) is 5.29. The van der Waals surface area contributed by atoms with Gasteiger partial charge in [-0.25, -0.2) is 0 Å². The van der Waals surface area contributed by atoms with Crippen molar-refractivity contribution in [3.8, 4) is 0 Å². The minimum atomic E-state index is -0.207. The highest BCUT2D eigenvalue weighted by atomic mass is 32.2. The van der Waals surface area contributed by atoms with E-state index in [0.29, 0.717) is 6.04 Å². The van der Waals surface area contributed by atoms with Crippen LogP contribution in [0.4, 0.5) is 0 Å². The topological polar surface area (TPSA) is 32.3 Å². The van der Waals surface area contributed by atoms with Crippen molar-refractivity contribution < 1.29 is 5.11 Å². The highest BCUT2D eigenvalue weighted by Crippen LogP contribution is 2.16. The Morgan fingerprint density at radius 1 is 1.73 bits per heavy atom. The van der Waals surface area contributed by atoms with Gasteiger partial charge in [-0.05, 0) is 25.5 Å². The number of hydrogen-bond donors (Lipinski definition) is 2. The SMILES string of the molecule is C[C@H](O)CN[C@H]1CCCSC1. The molecule has 2 nitrogen and oxygen atoms in total. The van der Waals surface area contributed by atoms with Gasteiger partial charge in [0.25, 0.3) is 0 Å². The van der Waals surface area contributed by atoms with Gasteiger partial charge in [0.2, 0.25) is 0 Å². The lowest BCUT2D eigenvalue weighted by atomic mass is 10.2. The Morgan fingerprint density at radius 2 is 2.55 bits per heavy atom. The van der Waals surface area contributed by atoms with Gasteiger partial charge in [0.15, 0.2) is 0 Å².